The minimum Gasteiger partial charge on any atom is -0.368 e. The number of aromatic amines is 2. The molecule has 4 aromatic rings. The quantitative estimate of drug-likeness (QED) is 0.524. The Labute approximate surface area is 130 Å². The third-order valence-electron chi connectivity index (χ3n) is 3.60. The van der Waals surface area contributed by atoms with Gasteiger partial charge in [0, 0.05) is 34.4 Å². The van der Waals surface area contributed by atoms with Crippen molar-refractivity contribution in [2.45, 2.75) is 0 Å². The molecular formula is C16H12N6O. The van der Waals surface area contributed by atoms with Crippen molar-refractivity contribution < 1.29 is 0 Å². The second-order valence-corrected chi connectivity index (χ2v) is 5.07. The number of hydrogen-bond donors (Lipinski definition) is 3. The number of anilines is 1. The van der Waals surface area contributed by atoms with Gasteiger partial charge in [0.2, 0.25) is 5.95 Å². The molecule has 3 heterocycles. The molecule has 7 heteroatoms. The van der Waals surface area contributed by atoms with Crippen molar-refractivity contribution in [3.63, 3.8) is 0 Å². The Bertz CT molecular complexity index is 1070. The maximum absolute atomic E-state index is 11.4. The summed E-state index contributed by atoms with van der Waals surface area (Å²) in [5.74, 6) is 0.226. The first-order valence-corrected chi connectivity index (χ1v) is 6.95. The zero-order valence-electron chi connectivity index (χ0n) is 11.9. The molecule has 0 fully saturated rings. The summed E-state index contributed by atoms with van der Waals surface area (Å²) in [7, 11) is 0. The van der Waals surface area contributed by atoms with Gasteiger partial charge in [-0.2, -0.15) is 0 Å². The van der Waals surface area contributed by atoms with E-state index >= 15 is 0 Å². The zero-order chi connectivity index (χ0) is 15.8. The van der Waals surface area contributed by atoms with Gasteiger partial charge in [-0.3, -0.25) is 9.78 Å². The third-order valence-corrected chi connectivity index (χ3v) is 3.60. The van der Waals surface area contributed by atoms with Crippen molar-refractivity contribution in [1.29, 1.82) is 0 Å². The summed E-state index contributed by atoms with van der Waals surface area (Å²) in [5, 5.41) is 0.977. The van der Waals surface area contributed by atoms with Gasteiger partial charge in [0.15, 0.2) is 0 Å². The van der Waals surface area contributed by atoms with Crippen LogP contribution < -0.4 is 11.3 Å². The van der Waals surface area contributed by atoms with E-state index in [1.54, 1.807) is 18.5 Å². The fourth-order valence-electron chi connectivity index (χ4n) is 2.55. The van der Waals surface area contributed by atoms with E-state index in [0.29, 0.717) is 5.69 Å². The Kier molecular flexibility index (Phi) is 2.90. The highest BCUT2D eigenvalue weighted by molar-refractivity contribution is 5.97. The van der Waals surface area contributed by atoms with Crippen LogP contribution in [-0.4, -0.2) is 24.9 Å². The van der Waals surface area contributed by atoms with Gasteiger partial charge in [0.1, 0.15) is 0 Å². The maximum atomic E-state index is 11.4. The van der Waals surface area contributed by atoms with Crippen LogP contribution in [0.15, 0.2) is 53.8 Å². The molecule has 0 saturated carbocycles. The van der Waals surface area contributed by atoms with Gasteiger partial charge in [-0.1, -0.05) is 6.07 Å². The number of benzene rings is 1. The van der Waals surface area contributed by atoms with Crippen molar-refractivity contribution in [2.75, 3.05) is 5.73 Å². The van der Waals surface area contributed by atoms with Crippen LogP contribution >= 0.6 is 0 Å². The van der Waals surface area contributed by atoms with Gasteiger partial charge in [0.25, 0.3) is 5.56 Å². The highest BCUT2D eigenvalue weighted by Crippen LogP contribution is 2.30. The number of nitrogens with two attached hydrogens (primary N) is 1. The van der Waals surface area contributed by atoms with Gasteiger partial charge in [-0.25, -0.2) is 9.97 Å². The summed E-state index contributed by atoms with van der Waals surface area (Å²) >= 11 is 0. The van der Waals surface area contributed by atoms with E-state index in [-0.39, 0.29) is 11.5 Å². The lowest BCUT2D eigenvalue weighted by atomic mass is 10.1. The Morgan fingerprint density at radius 2 is 2.04 bits per heavy atom. The molecular weight excluding hydrogens is 292 g/mol. The van der Waals surface area contributed by atoms with Crippen LogP contribution in [0.3, 0.4) is 0 Å². The normalized spacial score (nSPS) is 11.0. The summed E-state index contributed by atoms with van der Waals surface area (Å²) in [5.41, 5.74) is 9.58. The molecule has 0 bridgehead atoms. The summed E-state index contributed by atoms with van der Waals surface area (Å²) in [6, 6.07) is 7.65. The topological polar surface area (TPSA) is 113 Å². The number of fused-ring (bicyclic) bond motifs is 1. The van der Waals surface area contributed by atoms with Gasteiger partial charge < -0.3 is 15.7 Å². The number of rotatable bonds is 2. The van der Waals surface area contributed by atoms with Gasteiger partial charge in [-0.05, 0) is 18.2 Å². The summed E-state index contributed by atoms with van der Waals surface area (Å²) in [6.45, 7) is 0. The van der Waals surface area contributed by atoms with Crippen LogP contribution in [0.1, 0.15) is 0 Å². The van der Waals surface area contributed by atoms with E-state index < -0.39 is 0 Å². The first kappa shape index (κ1) is 13.2. The van der Waals surface area contributed by atoms with E-state index in [0.717, 1.165) is 27.7 Å². The Hall–Kier alpha value is -3.48. The molecule has 0 atom stereocenters. The predicted molar refractivity (Wildman–Crippen MR) is 87.6 cm³/mol. The molecule has 23 heavy (non-hydrogen) atoms. The molecule has 1 aromatic carbocycles. The van der Waals surface area contributed by atoms with Crippen LogP contribution in [0.5, 0.6) is 0 Å². The molecule has 4 rings (SSSR count). The van der Waals surface area contributed by atoms with E-state index in [1.807, 2.05) is 24.4 Å². The molecule has 0 unspecified atom stereocenters. The number of hydrogen-bond acceptors (Lipinski definition) is 5. The van der Waals surface area contributed by atoms with Crippen LogP contribution in [0.25, 0.3) is 33.4 Å². The minimum absolute atomic E-state index is 0.226. The molecule has 3 aromatic heterocycles. The lowest BCUT2D eigenvalue weighted by Crippen LogP contribution is -2.05. The van der Waals surface area contributed by atoms with Gasteiger partial charge >= 0.3 is 0 Å². The van der Waals surface area contributed by atoms with Crippen molar-refractivity contribution in [2.24, 2.45) is 0 Å². The molecule has 0 aliphatic carbocycles. The Morgan fingerprint density at radius 1 is 1.13 bits per heavy atom. The number of nitrogens with zero attached hydrogens (tertiary/aromatic N) is 3. The molecule has 0 spiro atoms. The Balaban J connectivity index is 1.91. The van der Waals surface area contributed by atoms with E-state index in [4.69, 9.17) is 5.73 Å². The summed E-state index contributed by atoms with van der Waals surface area (Å²) in [6.07, 6.45) is 6.37. The smallest absolute Gasteiger partial charge is 0.266 e. The molecule has 0 saturated heterocycles. The predicted octanol–water partition coefficient (Wildman–Crippen LogP) is 1.96. The second kappa shape index (κ2) is 5.06. The molecule has 0 aliphatic rings. The average Bonchev–Trinajstić information content (AvgIpc) is 2.98. The minimum atomic E-state index is -0.236. The van der Waals surface area contributed by atoms with Crippen molar-refractivity contribution in [3.05, 3.63) is 59.4 Å². The van der Waals surface area contributed by atoms with Crippen LogP contribution in [0, 0.1) is 0 Å². The van der Waals surface area contributed by atoms with E-state index in [9.17, 15) is 4.79 Å². The monoisotopic (exact) mass is 304 g/mol. The second-order valence-electron chi connectivity index (χ2n) is 5.07. The lowest BCUT2D eigenvalue weighted by Gasteiger charge is -2.03. The molecule has 7 nitrogen and oxygen atoms in total. The largest absolute Gasteiger partial charge is 0.368 e. The fourth-order valence-corrected chi connectivity index (χ4v) is 2.55. The van der Waals surface area contributed by atoms with E-state index in [1.165, 1.54) is 6.20 Å². The van der Waals surface area contributed by atoms with Crippen LogP contribution in [-0.2, 0) is 0 Å². The maximum Gasteiger partial charge on any atom is 0.266 e. The average molecular weight is 304 g/mol. The number of H-pyrrole nitrogens is 2. The molecule has 0 aliphatic heterocycles. The third kappa shape index (κ3) is 2.34. The van der Waals surface area contributed by atoms with Crippen molar-refractivity contribution in [3.8, 4) is 22.5 Å². The molecule has 0 radical (unpaired) electrons. The fraction of sp³-hybridized carbons (Fsp3) is 0. The first-order chi connectivity index (χ1) is 11.2. The number of nitrogens with one attached hydrogen (secondary N) is 2. The molecule has 112 valence electrons. The van der Waals surface area contributed by atoms with Gasteiger partial charge in [-0.15, -0.1) is 0 Å². The van der Waals surface area contributed by atoms with Crippen LogP contribution in [0.4, 0.5) is 5.95 Å². The number of aromatic nitrogens is 5. The molecule has 0 amide bonds. The van der Waals surface area contributed by atoms with Gasteiger partial charge in [0.05, 0.1) is 23.8 Å². The van der Waals surface area contributed by atoms with Crippen molar-refractivity contribution in [1.82, 2.24) is 24.9 Å². The Morgan fingerprint density at radius 3 is 2.87 bits per heavy atom. The highest BCUT2D eigenvalue weighted by Gasteiger charge is 2.10. The van der Waals surface area contributed by atoms with Crippen LogP contribution in [0.2, 0.25) is 0 Å². The molecule has 4 N–H and O–H groups in total. The highest BCUT2D eigenvalue weighted by atomic mass is 16.1. The van der Waals surface area contributed by atoms with E-state index in [2.05, 4.69) is 24.9 Å². The summed E-state index contributed by atoms with van der Waals surface area (Å²) in [4.78, 5) is 29.5. The first-order valence-electron chi connectivity index (χ1n) is 6.95. The standard InChI is InChI=1S/C16H12N6O/c17-16-19-4-3-13(22-16)11-6-20-12-2-1-9(5-10(11)12)14-7-18-8-15(23)21-14/h1-8,20H,(H,21,23)(H2,17,19,22). The SMILES string of the molecule is Nc1nccc(-c2c[nH]c3ccc(-c4cncc(=O)[nH]4)cc23)n1. The summed E-state index contributed by atoms with van der Waals surface area (Å²) < 4.78 is 0. The zero-order valence-corrected chi connectivity index (χ0v) is 11.9. The van der Waals surface area contributed by atoms with Crippen molar-refractivity contribution >= 4 is 16.9 Å². The number of nitrogen functional groups attached to an aromatic ring is 1. The lowest BCUT2D eigenvalue weighted by molar-refractivity contribution is 1.14.